The number of H-pyrrole nitrogens is 1. The molecule has 0 aliphatic carbocycles. The van der Waals surface area contributed by atoms with Crippen LogP contribution in [0.15, 0.2) is 42.9 Å². The largest absolute Gasteiger partial charge is 0.417 e. The Hall–Kier alpha value is -3.67. The number of hydrogen-bond donors (Lipinski definition) is 2. The van der Waals surface area contributed by atoms with Gasteiger partial charge in [0.15, 0.2) is 0 Å². The molecule has 1 atom stereocenters. The zero-order chi connectivity index (χ0) is 25.3. The minimum Gasteiger partial charge on any atom is -0.353 e. The summed E-state index contributed by atoms with van der Waals surface area (Å²) in [6.07, 6.45) is 0.103. The molecule has 2 aliphatic heterocycles. The lowest BCUT2D eigenvalue weighted by Crippen LogP contribution is -2.51. The predicted octanol–water partition coefficient (Wildman–Crippen LogP) is 2.53. The van der Waals surface area contributed by atoms with Crippen LogP contribution in [0.3, 0.4) is 0 Å². The van der Waals surface area contributed by atoms with Crippen LogP contribution in [0, 0.1) is 0 Å². The lowest BCUT2D eigenvalue weighted by atomic mass is 10.1. The van der Waals surface area contributed by atoms with Crippen LogP contribution in [0.1, 0.15) is 18.1 Å². The minimum atomic E-state index is -4.39. The highest BCUT2D eigenvalue weighted by molar-refractivity contribution is 5.82. The van der Waals surface area contributed by atoms with Gasteiger partial charge in [-0.1, -0.05) is 0 Å². The van der Waals surface area contributed by atoms with Gasteiger partial charge >= 0.3 is 6.18 Å². The molecule has 5 heterocycles. The summed E-state index contributed by atoms with van der Waals surface area (Å²) in [5.41, 5.74) is 2.10. The van der Waals surface area contributed by atoms with Crippen LogP contribution >= 0.6 is 0 Å². The summed E-state index contributed by atoms with van der Waals surface area (Å²) in [5, 5.41) is 10.1. The molecule has 2 N–H and O–H groups in total. The maximum atomic E-state index is 12.9. The number of halogens is 3. The molecule has 3 aromatic rings. The summed E-state index contributed by atoms with van der Waals surface area (Å²) in [7, 11) is 0. The quantitative estimate of drug-likeness (QED) is 0.556. The van der Waals surface area contributed by atoms with Gasteiger partial charge in [0.1, 0.15) is 11.6 Å². The molecule has 0 aromatic carbocycles. The van der Waals surface area contributed by atoms with Gasteiger partial charge in [-0.3, -0.25) is 14.8 Å². The number of rotatable bonds is 5. The number of aromatic nitrogens is 4. The van der Waals surface area contributed by atoms with Gasteiger partial charge in [0.2, 0.25) is 5.91 Å². The highest BCUT2D eigenvalue weighted by Crippen LogP contribution is 2.30. The number of nitrogens with zero attached hydrogens (tertiary/aromatic N) is 6. The molecule has 0 bridgehead atoms. The summed E-state index contributed by atoms with van der Waals surface area (Å²) in [6, 6.07) is 6.49. The summed E-state index contributed by atoms with van der Waals surface area (Å²) in [4.78, 5) is 26.6. The molecule has 190 valence electrons. The third kappa shape index (κ3) is 5.13. The molecule has 0 saturated carbocycles. The van der Waals surface area contributed by atoms with E-state index in [1.165, 1.54) is 6.07 Å². The topological polar surface area (TPSA) is 93.3 Å². The number of alkyl halides is 3. The van der Waals surface area contributed by atoms with E-state index >= 15 is 0 Å². The Morgan fingerprint density at radius 1 is 1.03 bits per heavy atom. The Morgan fingerprint density at radius 3 is 2.50 bits per heavy atom. The van der Waals surface area contributed by atoms with Crippen molar-refractivity contribution in [2.75, 3.05) is 49.1 Å². The van der Waals surface area contributed by atoms with E-state index < -0.39 is 11.7 Å². The average molecular weight is 501 g/mol. The average Bonchev–Trinajstić information content (AvgIpc) is 3.32. The predicted molar refractivity (Wildman–Crippen MR) is 128 cm³/mol. The van der Waals surface area contributed by atoms with Crippen molar-refractivity contribution in [1.82, 2.24) is 30.4 Å². The third-order valence-corrected chi connectivity index (χ3v) is 6.59. The van der Waals surface area contributed by atoms with Crippen molar-refractivity contribution < 1.29 is 18.0 Å². The van der Waals surface area contributed by atoms with Crippen LogP contribution in [-0.2, 0) is 17.5 Å². The van der Waals surface area contributed by atoms with Crippen molar-refractivity contribution in [3.8, 4) is 11.3 Å². The number of piperazine rings is 2. The number of carbonyl (C=O) groups excluding carboxylic acids is 1. The van der Waals surface area contributed by atoms with Crippen molar-refractivity contribution in [3.05, 3.63) is 54.0 Å². The SMILES string of the molecule is C[C@@H]1CN(Cc2cn[nH]c2-c2ccc(N3CCNC(=O)C3)nc2)CCN1c1ccc(C(F)(F)F)cn1. The summed E-state index contributed by atoms with van der Waals surface area (Å²) >= 11 is 0. The number of anilines is 2. The van der Waals surface area contributed by atoms with Gasteiger partial charge in [-0.15, -0.1) is 0 Å². The maximum Gasteiger partial charge on any atom is 0.417 e. The monoisotopic (exact) mass is 500 g/mol. The highest BCUT2D eigenvalue weighted by Gasteiger charge is 2.32. The summed E-state index contributed by atoms with van der Waals surface area (Å²) in [5.74, 6) is 1.30. The van der Waals surface area contributed by atoms with E-state index in [0.717, 1.165) is 54.5 Å². The fourth-order valence-electron chi connectivity index (χ4n) is 4.72. The fourth-order valence-corrected chi connectivity index (χ4v) is 4.72. The van der Waals surface area contributed by atoms with E-state index in [4.69, 9.17) is 0 Å². The number of nitrogens with one attached hydrogen (secondary N) is 2. The first-order valence-electron chi connectivity index (χ1n) is 11.8. The Balaban J connectivity index is 1.22. The van der Waals surface area contributed by atoms with Crippen LogP contribution in [0.4, 0.5) is 24.8 Å². The van der Waals surface area contributed by atoms with E-state index in [-0.39, 0.29) is 11.9 Å². The van der Waals surface area contributed by atoms with Gasteiger partial charge in [0.05, 0.1) is 24.0 Å². The number of hydrogen-bond acceptors (Lipinski definition) is 7. The van der Waals surface area contributed by atoms with Gasteiger partial charge in [-0.25, -0.2) is 9.97 Å². The first-order valence-corrected chi connectivity index (χ1v) is 11.8. The van der Waals surface area contributed by atoms with E-state index in [9.17, 15) is 18.0 Å². The Kier molecular flexibility index (Phi) is 6.52. The van der Waals surface area contributed by atoms with E-state index in [1.54, 1.807) is 6.20 Å². The molecule has 9 nitrogen and oxygen atoms in total. The fraction of sp³-hybridized carbons (Fsp3) is 0.417. The lowest BCUT2D eigenvalue weighted by molar-refractivity contribution is -0.137. The second kappa shape index (κ2) is 9.76. The van der Waals surface area contributed by atoms with Crippen LogP contribution in [0.5, 0.6) is 0 Å². The first kappa shape index (κ1) is 24.0. The Morgan fingerprint density at radius 2 is 1.83 bits per heavy atom. The zero-order valence-corrected chi connectivity index (χ0v) is 19.8. The van der Waals surface area contributed by atoms with Crippen molar-refractivity contribution in [3.63, 3.8) is 0 Å². The molecule has 1 amide bonds. The third-order valence-electron chi connectivity index (χ3n) is 6.59. The lowest BCUT2D eigenvalue weighted by Gasteiger charge is -2.40. The molecule has 0 radical (unpaired) electrons. The molecule has 0 unspecified atom stereocenters. The van der Waals surface area contributed by atoms with E-state index in [2.05, 4.69) is 30.4 Å². The van der Waals surface area contributed by atoms with Crippen LogP contribution in [0.25, 0.3) is 11.3 Å². The van der Waals surface area contributed by atoms with Gasteiger partial charge in [0, 0.05) is 68.8 Å². The second-order valence-electron chi connectivity index (χ2n) is 9.13. The van der Waals surface area contributed by atoms with Gasteiger partial charge < -0.3 is 15.1 Å². The highest BCUT2D eigenvalue weighted by atomic mass is 19.4. The van der Waals surface area contributed by atoms with E-state index in [1.807, 2.05) is 35.1 Å². The number of pyridine rings is 2. The molecule has 2 saturated heterocycles. The molecule has 12 heteroatoms. The van der Waals surface area contributed by atoms with Crippen LogP contribution in [-0.4, -0.2) is 76.3 Å². The van der Waals surface area contributed by atoms with Gasteiger partial charge in [0.25, 0.3) is 0 Å². The molecule has 2 aliphatic rings. The standard InChI is InChI=1S/C24H27F3N8O/c1-16-13-33(8-9-35(16)21-5-3-19(12-30-21)24(25,26)27)14-18-11-31-32-23(18)17-2-4-20(29-10-17)34-7-6-28-22(36)15-34/h2-5,10-12,16H,6-9,13-15H2,1H3,(H,28,36)(H,31,32)/t16-/m1/s1. The number of aromatic amines is 1. The van der Waals surface area contributed by atoms with Crippen LogP contribution in [0.2, 0.25) is 0 Å². The van der Waals surface area contributed by atoms with Gasteiger partial charge in [-0.05, 0) is 31.2 Å². The molecule has 5 rings (SSSR count). The minimum absolute atomic E-state index is 0.00795. The zero-order valence-electron chi connectivity index (χ0n) is 19.8. The first-order chi connectivity index (χ1) is 17.3. The second-order valence-corrected chi connectivity index (χ2v) is 9.13. The number of carbonyl (C=O) groups is 1. The Labute approximate surface area is 206 Å². The molecule has 3 aromatic heterocycles. The molecule has 36 heavy (non-hydrogen) atoms. The maximum absolute atomic E-state index is 12.9. The van der Waals surface area contributed by atoms with Gasteiger partial charge in [-0.2, -0.15) is 18.3 Å². The molecular formula is C24H27F3N8O. The van der Waals surface area contributed by atoms with Crippen molar-refractivity contribution in [2.45, 2.75) is 25.7 Å². The van der Waals surface area contributed by atoms with Crippen molar-refractivity contribution in [2.24, 2.45) is 0 Å². The van der Waals surface area contributed by atoms with E-state index in [0.29, 0.717) is 32.0 Å². The summed E-state index contributed by atoms with van der Waals surface area (Å²) < 4.78 is 38.6. The van der Waals surface area contributed by atoms with Crippen molar-refractivity contribution in [1.29, 1.82) is 0 Å². The smallest absolute Gasteiger partial charge is 0.353 e. The molecule has 0 spiro atoms. The summed E-state index contributed by atoms with van der Waals surface area (Å²) in [6.45, 7) is 6.49. The number of amides is 1. The molecule has 2 fully saturated rings. The van der Waals surface area contributed by atoms with Crippen molar-refractivity contribution >= 4 is 17.5 Å². The molecular weight excluding hydrogens is 473 g/mol. The van der Waals surface area contributed by atoms with Crippen LogP contribution < -0.4 is 15.1 Å². The normalized spacial score (nSPS) is 19.4. The Bertz CT molecular complexity index is 1200.